The maximum Gasteiger partial charge on any atom is 0.103 e. The highest BCUT2D eigenvalue weighted by Gasteiger charge is 2.30. The minimum absolute atomic E-state index is 0.0495. The quantitative estimate of drug-likeness (QED) is 0.726. The van der Waals surface area contributed by atoms with Crippen molar-refractivity contribution in [3.05, 3.63) is 40.0 Å². The van der Waals surface area contributed by atoms with Crippen molar-refractivity contribution in [1.29, 1.82) is 31.9 Å². The van der Waals surface area contributed by atoms with Gasteiger partial charge in [-0.05, 0) is 6.07 Å². The van der Waals surface area contributed by atoms with E-state index in [1.54, 1.807) is 12.1 Å². The van der Waals surface area contributed by atoms with Crippen LogP contribution in [0.2, 0.25) is 0 Å². The Kier molecular flexibility index (Phi) is 2.86. The molecule has 1 aliphatic carbocycles. The van der Waals surface area contributed by atoms with E-state index in [4.69, 9.17) is 21.3 Å². The van der Waals surface area contributed by atoms with E-state index in [0.29, 0.717) is 0 Å². The lowest BCUT2D eigenvalue weighted by Gasteiger charge is -2.19. The van der Waals surface area contributed by atoms with E-state index >= 15 is 0 Å². The van der Waals surface area contributed by atoms with Crippen LogP contribution in [0, 0.1) is 56.1 Å². The lowest BCUT2D eigenvalue weighted by molar-refractivity contribution is 1.36. The molecule has 90 valence electrons. The van der Waals surface area contributed by atoms with Crippen molar-refractivity contribution < 1.29 is 0 Å². The molecule has 2 N–H and O–H groups in total. The van der Waals surface area contributed by atoms with Gasteiger partial charge in [0.05, 0.1) is 33.7 Å². The maximum absolute atomic E-state index is 9.21. The van der Waals surface area contributed by atoms with Gasteiger partial charge in [-0.3, -0.25) is 10.8 Å². The predicted octanol–water partition coefficient (Wildman–Crippen LogP) is 1.63. The van der Waals surface area contributed by atoms with E-state index in [-0.39, 0.29) is 44.8 Å². The molecule has 0 heterocycles. The highest BCUT2D eigenvalue weighted by molar-refractivity contribution is 6.56. The van der Waals surface area contributed by atoms with Crippen LogP contribution in [0.4, 0.5) is 0 Å². The smallest absolute Gasteiger partial charge is 0.103 e. The summed E-state index contributed by atoms with van der Waals surface area (Å²) in [4.78, 5) is 0. The Morgan fingerprint density at radius 3 is 1.90 bits per heavy atom. The first-order valence-corrected chi connectivity index (χ1v) is 5.31. The molecule has 1 aromatic carbocycles. The molecular formula is C14H4N6. The Morgan fingerprint density at radius 1 is 0.750 bits per heavy atom. The third kappa shape index (κ3) is 1.47. The first-order chi connectivity index (χ1) is 9.60. The molecule has 6 nitrogen and oxygen atoms in total. The number of benzene rings is 1. The predicted molar refractivity (Wildman–Crippen MR) is 68.6 cm³/mol. The van der Waals surface area contributed by atoms with Gasteiger partial charge in [-0.25, -0.2) is 0 Å². The number of nitrogens with zero attached hydrogens (tertiary/aromatic N) is 4. The molecule has 0 unspecified atom stereocenters. The Morgan fingerprint density at radius 2 is 1.40 bits per heavy atom. The number of nitriles is 4. The zero-order valence-corrected chi connectivity index (χ0v) is 9.94. The lowest BCUT2D eigenvalue weighted by Crippen LogP contribution is -2.23. The van der Waals surface area contributed by atoms with Crippen LogP contribution < -0.4 is 0 Å². The Bertz CT molecular complexity index is 874. The Balaban J connectivity index is 3.06. The fourth-order valence-electron chi connectivity index (χ4n) is 2.01. The van der Waals surface area contributed by atoms with E-state index in [1.165, 1.54) is 12.1 Å². The Labute approximate surface area is 114 Å². The second-order valence-electron chi connectivity index (χ2n) is 3.86. The summed E-state index contributed by atoms with van der Waals surface area (Å²) in [5.41, 5.74) is -0.674. The molecule has 0 aromatic heterocycles. The third-order valence-corrected chi connectivity index (χ3v) is 2.93. The molecule has 1 aliphatic rings. The van der Waals surface area contributed by atoms with Crippen molar-refractivity contribution in [1.82, 2.24) is 0 Å². The standard InChI is InChI=1S/C14H4N6/c15-3-7-1-2-8-12(9(7)4-16)10(5-17)11(6-18)14(20)13(8)19/h1-2,19-20H. The lowest BCUT2D eigenvalue weighted by atomic mass is 9.80. The van der Waals surface area contributed by atoms with Crippen LogP contribution in [0.15, 0.2) is 17.7 Å². The molecule has 0 bridgehead atoms. The van der Waals surface area contributed by atoms with Gasteiger partial charge in [0, 0.05) is 11.1 Å². The molecule has 0 saturated heterocycles. The fourth-order valence-corrected chi connectivity index (χ4v) is 2.01. The van der Waals surface area contributed by atoms with Gasteiger partial charge < -0.3 is 0 Å². The minimum Gasteiger partial charge on any atom is -0.298 e. The van der Waals surface area contributed by atoms with Crippen molar-refractivity contribution in [3.63, 3.8) is 0 Å². The second-order valence-corrected chi connectivity index (χ2v) is 3.86. The zero-order valence-electron chi connectivity index (χ0n) is 9.94. The van der Waals surface area contributed by atoms with Gasteiger partial charge in [0.1, 0.15) is 24.3 Å². The van der Waals surface area contributed by atoms with E-state index in [1.807, 2.05) is 12.1 Å². The van der Waals surface area contributed by atoms with Crippen LogP contribution in [-0.4, -0.2) is 11.4 Å². The van der Waals surface area contributed by atoms with Crippen LogP contribution in [-0.2, 0) is 0 Å². The van der Waals surface area contributed by atoms with Crippen molar-refractivity contribution in [2.45, 2.75) is 0 Å². The van der Waals surface area contributed by atoms with Gasteiger partial charge in [0.15, 0.2) is 0 Å². The molecule has 6 heteroatoms. The first-order valence-electron chi connectivity index (χ1n) is 5.31. The van der Waals surface area contributed by atoms with Gasteiger partial charge in [-0.15, -0.1) is 0 Å². The van der Waals surface area contributed by atoms with Gasteiger partial charge >= 0.3 is 0 Å². The van der Waals surface area contributed by atoms with Gasteiger partial charge in [-0.1, -0.05) is 6.07 Å². The van der Waals surface area contributed by atoms with Crippen molar-refractivity contribution in [2.24, 2.45) is 0 Å². The third-order valence-electron chi connectivity index (χ3n) is 2.93. The summed E-state index contributed by atoms with van der Waals surface area (Å²) in [6.45, 7) is 0. The average Bonchev–Trinajstić information content (AvgIpc) is 2.48. The largest absolute Gasteiger partial charge is 0.298 e. The van der Waals surface area contributed by atoms with Crippen LogP contribution in [0.1, 0.15) is 22.3 Å². The maximum atomic E-state index is 9.21. The molecule has 0 spiro atoms. The van der Waals surface area contributed by atoms with E-state index in [0.717, 1.165) is 0 Å². The van der Waals surface area contributed by atoms with Crippen LogP contribution in [0.3, 0.4) is 0 Å². The normalized spacial score (nSPS) is 12.8. The Hall–Kier alpha value is -3.74. The van der Waals surface area contributed by atoms with Gasteiger partial charge in [-0.2, -0.15) is 21.0 Å². The average molecular weight is 256 g/mol. The monoisotopic (exact) mass is 256 g/mol. The van der Waals surface area contributed by atoms with E-state index < -0.39 is 0 Å². The van der Waals surface area contributed by atoms with Crippen molar-refractivity contribution in [2.75, 3.05) is 0 Å². The summed E-state index contributed by atoms with van der Waals surface area (Å²) in [6.07, 6.45) is 0. The molecule has 0 fully saturated rings. The number of fused-ring (bicyclic) bond motifs is 1. The topological polar surface area (TPSA) is 143 Å². The van der Waals surface area contributed by atoms with Crippen LogP contribution >= 0.6 is 0 Å². The number of hydrogen-bond acceptors (Lipinski definition) is 6. The van der Waals surface area contributed by atoms with Gasteiger partial charge in [0.2, 0.25) is 0 Å². The molecule has 20 heavy (non-hydrogen) atoms. The van der Waals surface area contributed by atoms with E-state index in [9.17, 15) is 10.5 Å². The van der Waals surface area contributed by atoms with Crippen molar-refractivity contribution in [3.8, 4) is 24.3 Å². The number of nitrogens with one attached hydrogen (secondary N) is 2. The molecule has 2 rings (SSSR count). The van der Waals surface area contributed by atoms with Crippen LogP contribution in [0.25, 0.3) is 5.57 Å². The summed E-state index contributed by atoms with van der Waals surface area (Å²) in [5, 5.41) is 52.0. The van der Waals surface area contributed by atoms with Crippen LogP contribution in [0.5, 0.6) is 0 Å². The molecular weight excluding hydrogens is 252 g/mol. The fraction of sp³-hybridized carbons (Fsp3) is 0. The number of rotatable bonds is 0. The second kappa shape index (κ2) is 4.50. The first kappa shape index (κ1) is 12.7. The summed E-state index contributed by atoms with van der Waals surface area (Å²) in [7, 11) is 0. The van der Waals surface area contributed by atoms with E-state index in [2.05, 4.69) is 0 Å². The summed E-state index contributed by atoms with van der Waals surface area (Å²) in [5.74, 6) is 0. The summed E-state index contributed by atoms with van der Waals surface area (Å²) >= 11 is 0. The number of hydrogen-bond donors (Lipinski definition) is 2. The highest BCUT2D eigenvalue weighted by atomic mass is 14.6. The molecule has 0 aliphatic heterocycles. The molecule has 1 aromatic rings. The molecule has 0 amide bonds. The molecule has 0 radical (unpaired) electrons. The summed E-state index contributed by atoms with van der Waals surface area (Å²) < 4.78 is 0. The molecule has 0 saturated carbocycles. The van der Waals surface area contributed by atoms with Gasteiger partial charge in [0.25, 0.3) is 0 Å². The molecule has 0 atom stereocenters. The summed E-state index contributed by atoms with van der Waals surface area (Å²) in [6, 6.07) is 9.97. The SMILES string of the molecule is N#CC1=C(C#N)c2c(ccc(C#N)c2C#N)C(=N)C1=N. The minimum atomic E-state index is -0.356. The van der Waals surface area contributed by atoms with Crippen molar-refractivity contribution >= 4 is 17.0 Å². The highest BCUT2D eigenvalue weighted by Crippen LogP contribution is 2.33. The zero-order chi connectivity index (χ0) is 14.9. The number of allylic oxidation sites excluding steroid dienone is 2.